The van der Waals surface area contributed by atoms with Gasteiger partial charge in [-0.05, 0) is 0 Å². The molecule has 2 aromatic heterocycles. The quantitative estimate of drug-likeness (QED) is 0.743. The summed E-state index contributed by atoms with van der Waals surface area (Å²) >= 11 is 0. The molecule has 3 heterocycles. The van der Waals surface area contributed by atoms with Crippen molar-refractivity contribution in [1.29, 1.82) is 0 Å². The van der Waals surface area contributed by atoms with Gasteiger partial charge in [-0.25, -0.2) is 4.98 Å². The van der Waals surface area contributed by atoms with E-state index < -0.39 is 0 Å². The summed E-state index contributed by atoms with van der Waals surface area (Å²) in [5, 5.41) is 8.13. The molecule has 0 aliphatic carbocycles. The van der Waals surface area contributed by atoms with Gasteiger partial charge in [-0.15, -0.1) is 0 Å². The highest BCUT2D eigenvalue weighted by molar-refractivity contribution is 4.87. The largest absolute Gasteiger partial charge is 0.339 e. The summed E-state index contributed by atoms with van der Waals surface area (Å²) in [6.07, 6.45) is 4.13. The van der Waals surface area contributed by atoms with Crippen LogP contribution in [0.25, 0.3) is 0 Å². The van der Waals surface area contributed by atoms with Crippen molar-refractivity contribution >= 4 is 0 Å². The average Bonchev–Trinajstić information content (AvgIpc) is 3.18. The molecule has 0 aromatic carbocycles. The van der Waals surface area contributed by atoms with Crippen molar-refractivity contribution in [2.24, 2.45) is 0 Å². The van der Waals surface area contributed by atoms with Gasteiger partial charge in [-0.1, -0.05) is 12.1 Å². The maximum atomic E-state index is 5.14. The van der Waals surface area contributed by atoms with Crippen molar-refractivity contribution in [3.05, 3.63) is 24.4 Å². The fourth-order valence-electron chi connectivity index (χ4n) is 2.46. The third-order valence-electron chi connectivity index (χ3n) is 3.75. The van der Waals surface area contributed by atoms with Crippen molar-refractivity contribution in [1.82, 2.24) is 34.7 Å². The maximum Gasteiger partial charge on any atom is 0.226 e. The van der Waals surface area contributed by atoms with E-state index in [1.54, 1.807) is 12.7 Å². The standard InChI is InChI=1S/C13H21N7O/c1-2-13-16-12(17-21-13)9-19-5-3-18(4-6-19)7-8-20-11-14-10-15-20/h10-11H,2-9H2,1H3. The van der Waals surface area contributed by atoms with E-state index in [0.717, 1.165) is 63.9 Å². The Morgan fingerprint density at radius 2 is 1.95 bits per heavy atom. The molecule has 0 bridgehead atoms. The Morgan fingerprint density at radius 1 is 1.14 bits per heavy atom. The normalized spacial score (nSPS) is 17.4. The first-order valence-corrected chi connectivity index (χ1v) is 7.42. The molecule has 2 aromatic rings. The van der Waals surface area contributed by atoms with Gasteiger partial charge >= 0.3 is 0 Å². The molecule has 21 heavy (non-hydrogen) atoms. The molecule has 1 aliphatic heterocycles. The van der Waals surface area contributed by atoms with E-state index in [-0.39, 0.29) is 0 Å². The Hall–Kier alpha value is -1.80. The molecular weight excluding hydrogens is 270 g/mol. The van der Waals surface area contributed by atoms with Crippen molar-refractivity contribution in [2.75, 3.05) is 32.7 Å². The third-order valence-corrected chi connectivity index (χ3v) is 3.75. The van der Waals surface area contributed by atoms with Crippen LogP contribution in [-0.4, -0.2) is 67.4 Å². The fraction of sp³-hybridized carbons (Fsp3) is 0.692. The minimum Gasteiger partial charge on any atom is -0.339 e. The molecule has 1 aliphatic rings. The maximum absolute atomic E-state index is 5.14. The minimum atomic E-state index is 0.719. The van der Waals surface area contributed by atoms with Gasteiger partial charge in [-0.3, -0.25) is 14.5 Å². The molecule has 0 radical (unpaired) electrons. The van der Waals surface area contributed by atoms with Crippen LogP contribution in [-0.2, 0) is 19.5 Å². The summed E-state index contributed by atoms with van der Waals surface area (Å²) in [5.74, 6) is 1.51. The first kappa shape index (κ1) is 14.2. The number of nitrogens with zero attached hydrogens (tertiary/aromatic N) is 7. The molecule has 0 N–H and O–H groups in total. The Kier molecular flexibility index (Phi) is 4.56. The molecular formula is C13H21N7O. The summed E-state index contributed by atoms with van der Waals surface area (Å²) in [4.78, 5) is 13.1. The van der Waals surface area contributed by atoms with Crippen LogP contribution in [0.4, 0.5) is 0 Å². The molecule has 3 rings (SSSR count). The monoisotopic (exact) mass is 291 g/mol. The van der Waals surface area contributed by atoms with Crippen molar-refractivity contribution < 1.29 is 4.52 Å². The molecule has 0 spiro atoms. The molecule has 1 fully saturated rings. The molecule has 0 amide bonds. The van der Waals surface area contributed by atoms with Gasteiger partial charge < -0.3 is 4.52 Å². The van der Waals surface area contributed by atoms with E-state index in [1.807, 2.05) is 11.6 Å². The lowest BCUT2D eigenvalue weighted by molar-refractivity contribution is 0.120. The summed E-state index contributed by atoms with van der Waals surface area (Å²) in [6, 6.07) is 0. The van der Waals surface area contributed by atoms with Crippen LogP contribution in [0.2, 0.25) is 0 Å². The van der Waals surface area contributed by atoms with Gasteiger partial charge in [0, 0.05) is 39.1 Å². The molecule has 8 heteroatoms. The number of rotatable bonds is 6. The van der Waals surface area contributed by atoms with Crippen LogP contribution in [0.15, 0.2) is 17.2 Å². The summed E-state index contributed by atoms with van der Waals surface area (Å²) in [5.41, 5.74) is 0. The topological polar surface area (TPSA) is 76.1 Å². The second kappa shape index (κ2) is 6.77. The van der Waals surface area contributed by atoms with Gasteiger partial charge in [0.15, 0.2) is 5.82 Å². The van der Waals surface area contributed by atoms with Crippen molar-refractivity contribution in [2.45, 2.75) is 26.4 Å². The number of piperazine rings is 1. The van der Waals surface area contributed by atoms with E-state index >= 15 is 0 Å². The first-order chi connectivity index (χ1) is 10.3. The predicted octanol–water partition coefficient (Wildman–Crippen LogP) is 0.0413. The van der Waals surface area contributed by atoms with E-state index in [1.165, 1.54) is 0 Å². The van der Waals surface area contributed by atoms with Crippen LogP contribution < -0.4 is 0 Å². The van der Waals surface area contributed by atoms with Gasteiger partial charge in [0.1, 0.15) is 12.7 Å². The van der Waals surface area contributed by atoms with Gasteiger partial charge in [0.05, 0.1) is 13.1 Å². The molecule has 1 saturated heterocycles. The van der Waals surface area contributed by atoms with E-state index in [4.69, 9.17) is 4.52 Å². The fourth-order valence-corrected chi connectivity index (χ4v) is 2.46. The molecule has 0 saturated carbocycles. The average molecular weight is 291 g/mol. The highest BCUT2D eigenvalue weighted by Crippen LogP contribution is 2.07. The first-order valence-electron chi connectivity index (χ1n) is 7.42. The van der Waals surface area contributed by atoms with E-state index in [9.17, 15) is 0 Å². The minimum absolute atomic E-state index is 0.719. The molecule has 114 valence electrons. The zero-order valence-electron chi connectivity index (χ0n) is 12.4. The van der Waals surface area contributed by atoms with Gasteiger partial charge in [0.25, 0.3) is 0 Å². The molecule has 8 nitrogen and oxygen atoms in total. The highest BCUT2D eigenvalue weighted by Gasteiger charge is 2.18. The number of aryl methyl sites for hydroxylation is 1. The zero-order chi connectivity index (χ0) is 14.5. The van der Waals surface area contributed by atoms with Gasteiger partial charge in [-0.2, -0.15) is 10.1 Å². The van der Waals surface area contributed by atoms with Crippen molar-refractivity contribution in [3.63, 3.8) is 0 Å². The third kappa shape index (κ3) is 3.85. The summed E-state index contributed by atoms with van der Waals surface area (Å²) in [7, 11) is 0. The van der Waals surface area contributed by atoms with Crippen LogP contribution in [0.3, 0.4) is 0 Å². The SMILES string of the molecule is CCc1nc(CN2CCN(CCn3cncn3)CC2)no1. The number of hydrogen-bond acceptors (Lipinski definition) is 7. The van der Waals surface area contributed by atoms with E-state index in [0.29, 0.717) is 0 Å². The lowest BCUT2D eigenvalue weighted by atomic mass is 10.3. The van der Waals surface area contributed by atoms with E-state index in [2.05, 4.69) is 30.0 Å². The van der Waals surface area contributed by atoms with Crippen LogP contribution in [0.5, 0.6) is 0 Å². The number of hydrogen-bond donors (Lipinski definition) is 0. The van der Waals surface area contributed by atoms with Gasteiger partial charge in [0.2, 0.25) is 5.89 Å². The molecule has 0 atom stereocenters. The Bertz CT molecular complexity index is 530. The van der Waals surface area contributed by atoms with Crippen LogP contribution in [0.1, 0.15) is 18.6 Å². The zero-order valence-corrected chi connectivity index (χ0v) is 12.4. The Balaban J connectivity index is 1.40. The van der Waals surface area contributed by atoms with Crippen molar-refractivity contribution in [3.8, 4) is 0 Å². The number of aromatic nitrogens is 5. The lowest BCUT2D eigenvalue weighted by Gasteiger charge is -2.33. The Morgan fingerprint density at radius 3 is 2.62 bits per heavy atom. The summed E-state index contributed by atoms with van der Waals surface area (Å²) in [6.45, 7) is 8.90. The highest BCUT2D eigenvalue weighted by atomic mass is 16.5. The smallest absolute Gasteiger partial charge is 0.226 e. The predicted molar refractivity (Wildman–Crippen MR) is 75.4 cm³/mol. The second-order valence-electron chi connectivity index (χ2n) is 5.23. The second-order valence-corrected chi connectivity index (χ2v) is 5.23. The summed E-state index contributed by atoms with van der Waals surface area (Å²) < 4.78 is 7.02. The lowest BCUT2D eigenvalue weighted by Crippen LogP contribution is -2.46. The molecule has 0 unspecified atom stereocenters. The van der Waals surface area contributed by atoms with Crippen LogP contribution >= 0.6 is 0 Å². The Labute approximate surface area is 123 Å². The van der Waals surface area contributed by atoms with Crippen LogP contribution in [0, 0.1) is 0 Å².